The molecule has 186 valence electrons. The number of H-pyrrole nitrogens is 1. The summed E-state index contributed by atoms with van der Waals surface area (Å²) in [6.07, 6.45) is 6.33. The summed E-state index contributed by atoms with van der Waals surface area (Å²) in [7, 11) is 0. The van der Waals surface area contributed by atoms with Gasteiger partial charge in [0, 0.05) is 0 Å². The Labute approximate surface area is 207 Å². The van der Waals surface area contributed by atoms with Crippen LogP contribution >= 0.6 is 0 Å². The second kappa shape index (κ2) is 9.92. The molecule has 0 spiro atoms. The van der Waals surface area contributed by atoms with Gasteiger partial charge in [-0.3, -0.25) is 24.7 Å². The molecule has 0 saturated carbocycles. The Balaban J connectivity index is 1.59. The molecule has 3 aromatic rings. The van der Waals surface area contributed by atoms with Crippen LogP contribution < -0.4 is 21.5 Å². The average molecular weight is 502 g/mol. The monoisotopic (exact) mass is 502 g/mol. The summed E-state index contributed by atoms with van der Waals surface area (Å²) in [5.41, 5.74) is -2.01. The van der Waals surface area contributed by atoms with Crippen molar-refractivity contribution in [2.24, 2.45) is 0 Å². The summed E-state index contributed by atoms with van der Waals surface area (Å²) >= 11 is 0. The van der Waals surface area contributed by atoms with Gasteiger partial charge in [-0.25, -0.2) is 19.1 Å². The molecule has 1 aliphatic rings. The molecule has 1 aliphatic heterocycles. The van der Waals surface area contributed by atoms with E-state index in [1.807, 2.05) is 0 Å². The van der Waals surface area contributed by atoms with Crippen LogP contribution in [-0.2, 0) is 9.59 Å². The molecule has 0 bridgehead atoms. The normalized spacial score (nSPS) is 15.2. The number of amides is 4. The van der Waals surface area contributed by atoms with E-state index < -0.39 is 35.0 Å². The lowest BCUT2D eigenvalue weighted by atomic mass is 10.1. The minimum absolute atomic E-state index is 0.0548. The molecule has 1 saturated heterocycles. The second-order valence-corrected chi connectivity index (χ2v) is 7.59. The predicted octanol–water partition coefficient (Wildman–Crippen LogP) is 1.42. The number of aromatic amines is 1. The number of hydrogen-bond donors (Lipinski definition) is 5. The van der Waals surface area contributed by atoms with Crippen LogP contribution in [0.1, 0.15) is 5.56 Å². The Morgan fingerprint density at radius 3 is 1.95 bits per heavy atom. The second-order valence-electron chi connectivity index (χ2n) is 7.59. The minimum Gasteiger partial charge on any atom is -0.508 e. The third-order valence-electron chi connectivity index (χ3n) is 5.19. The first kappa shape index (κ1) is 24.5. The van der Waals surface area contributed by atoms with Crippen LogP contribution in [0.3, 0.4) is 0 Å². The van der Waals surface area contributed by atoms with E-state index >= 15 is 0 Å². The summed E-state index contributed by atoms with van der Waals surface area (Å²) < 4.78 is 0.839. The lowest BCUT2D eigenvalue weighted by Crippen LogP contribution is -2.54. The van der Waals surface area contributed by atoms with Crippen LogP contribution in [0.2, 0.25) is 0 Å². The van der Waals surface area contributed by atoms with Gasteiger partial charge in [0.25, 0.3) is 17.4 Å². The molecule has 2 aromatic carbocycles. The Kier molecular flexibility index (Phi) is 6.56. The van der Waals surface area contributed by atoms with Gasteiger partial charge < -0.3 is 15.3 Å². The molecule has 4 rings (SSSR count). The third-order valence-corrected chi connectivity index (χ3v) is 5.19. The van der Waals surface area contributed by atoms with Gasteiger partial charge in [-0.1, -0.05) is 18.2 Å². The fourth-order valence-corrected chi connectivity index (χ4v) is 3.41. The number of phenolic OH excluding ortho intramolecular Hbond substituents is 2. The number of rotatable bonds is 5. The number of carbonyl (C=O) groups excluding carboxylic acids is 3. The van der Waals surface area contributed by atoms with Gasteiger partial charge in [0.1, 0.15) is 22.6 Å². The highest BCUT2D eigenvalue weighted by atomic mass is 16.3. The van der Waals surface area contributed by atoms with Crippen LogP contribution in [0.4, 0.5) is 10.5 Å². The van der Waals surface area contributed by atoms with Gasteiger partial charge >= 0.3 is 11.7 Å². The number of benzene rings is 2. The highest BCUT2D eigenvalue weighted by molar-refractivity contribution is 6.37. The number of nitrogens with zero attached hydrogens (tertiary/aromatic N) is 2. The van der Waals surface area contributed by atoms with E-state index in [0.717, 1.165) is 15.5 Å². The van der Waals surface area contributed by atoms with Crippen molar-refractivity contribution in [3.8, 4) is 23.1 Å². The molecular formula is C25H18N4O8. The third kappa shape index (κ3) is 4.93. The fourth-order valence-electron chi connectivity index (χ4n) is 3.41. The largest absolute Gasteiger partial charge is 0.508 e. The van der Waals surface area contributed by atoms with E-state index in [-0.39, 0.29) is 34.0 Å². The summed E-state index contributed by atoms with van der Waals surface area (Å²) in [6.45, 7) is 0. The smallest absolute Gasteiger partial charge is 0.335 e. The molecule has 1 fully saturated rings. The minimum atomic E-state index is -0.944. The van der Waals surface area contributed by atoms with Crippen LogP contribution in [0.15, 0.2) is 88.0 Å². The molecular weight excluding hydrogens is 484 g/mol. The summed E-state index contributed by atoms with van der Waals surface area (Å²) in [4.78, 5) is 64.4. The number of allylic oxidation sites excluding steroid dienone is 4. The van der Waals surface area contributed by atoms with Crippen LogP contribution in [0.25, 0.3) is 11.8 Å². The Bertz CT molecular complexity index is 1610. The van der Waals surface area contributed by atoms with Crippen molar-refractivity contribution in [2.45, 2.75) is 0 Å². The number of urea groups is 1. The summed E-state index contributed by atoms with van der Waals surface area (Å²) in [6, 6.07) is 9.62. The van der Waals surface area contributed by atoms with Crippen LogP contribution in [0.5, 0.6) is 17.4 Å². The van der Waals surface area contributed by atoms with Crippen molar-refractivity contribution >= 4 is 29.6 Å². The maximum absolute atomic E-state index is 12.8. The number of nitrogens with one attached hydrogen (secondary N) is 2. The van der Waals surface area contributed by atoms with Crippen molar-refractivity contribution in [1.29, 1.82) is 0 Å². The van der Waals surface area contributed by atoms with Crippen LogP contribution in [-0.4, -0.2) is 42.7 Å². The number of barbiturate groups is 1. The lowest BCUT2D eigenvalue weighted by molar-refractivity contribution is -0.122. The molecule has 0 radical (unpaired) electrons. The van der Waals surface area contributed by atoms with Crippen molar-refractivity contribution in [3.63, 3.8) is 0 Å². The first-order valence-corrected chi connectivity index (χ1v) is 10.6. The maximum atomic E-state index is 12.8. The number of aromatic nitrogens is 2. The molecule has 1 aromatic heterocycles. The number of hydrogen-bond acceptors (Lipinski definition) is 8. The van der Waals surface area contributed by atoms with Crippen molar-refractivity contribution in [3.05, 3.63) is 105 Å². The van der Waals surface area contributed by atoms with E-state index in [0.29, 0.717) is 0 Å². The molecule has 12 heteroatoms. The number of carbonyl (C=O) groups is 3. The molecule has 4 amide bonds. The molecule has 0 atom stereocenters. The van der Waals surface area contributed by atoms with Crippen molar-refractivity contribution in [2.75, 3.05) is 4.90 Å². The van der Waals surface area contributed by atoms with Gasteiger partial charge in [-0.2, -0.15) is 0 Å². The SMILES string of the molecule is O=C1NC(=O)N(c2ccc(O)cc2)C(=O)\C1=C/C=C/C=C/c1c(O)n(-c2ccc(O)cc2)c(=O)[nH]c1=O. The molecule has 12 nitrogen and oxygen atoms in total. The van der Waals surface area contributed by atoms with E-state index in [4.69, 9.17) is 0 Å². The van der Waals surface area contributed by atoms with Gasteiger partial charge in [-0.05, 0) is 60.7 Å². The Hall–Kier alpha value is -5.65. The van der Waals surface area contributed by atoms with Crippen LogP contribution in [0, 0.1) is 0 Å². The van der Waals surface area contributed by atoms with Gasteiger partial charge in [-0.15, -0.1) is 0 Å². The number of phenols is 2. The van der Waals surface area contributed by atoms with E-state index in [1.165, 1.54) is 72.8 Å². The van der Waals surface area contributed by atoms with E-state index in [1.54, 1.807) is 0 Å². The zero-order valence-electron chi connectivity index (χ0n) is 18.8. The zero-order chi connectivity index (χ0) is 26.7. The van der Waals surface area contributed by atoms with E-state index in [9.17, 15) is 39.3 Å². The van der Waals surface area contributed by atoms with Gasteiger partial charge in [0.2, 0.25) is 5.88 Å². The zero-order valence-corrected chi connectivity index (χ0v) is 18.8. The summed E-state index contributed by atoms with van der Waals surface area (Å²) in [5, 5.41) is 31.4. The lowest BCUT2D eigenvalue weighted by Gasteiger charge is -2.26. The average Bonchev–Trinajstić information content (AvgIpc) is 2.84. The fraction of sp³-hybridized carbons (Fsp3) is 0. The molecule has 5 N–H and O–H groups in total. The first-order chi connectivity index (χ1) is 17.7. The van der Waals surface area contributed by atoms with E-state index in [2.05, 4.69) is 10.3 Å². The maximum Gasteiger partial charge on any atom is 0.335 e. The molecule has 37 heavy (non-hydrogen) atoms. The highest BCUT2D eigenvalue weighted by Gasteiger charge is 2.36. The topological polar surface area (TPSA) is 182 Å². The molecule has 0 unspecified atom stereocenters. The molecule has 2 heterocycles. The van der Waals surface area contributed by atoms with Crippen molar-refractivity contribution in [1.82, 2.24) is 14.9 Å². The Morgan fingerprint density at radius 2 is 1.32 bits per heavy atom. The molecule has 0 aliphatic carbocycles. The first-order valence-electron chi connectivity index (χ1n) is 10.6. The number of aromatic hydroxyl groups is 3. The quantitative estimate of drug-likeness (QED) is 0.197. The number of imide groups is 2. The van der Waals surface area contributed by atoms with Crippen molar-refractivity contribution < 1.29 is 29.7 Å². The van der Waals surface area contributed by atoms with Gasteiger partial charge in [0.05, 0.1) is 11.4 Å². The summed E-state index contributed by atoms with van der Waals surface area (Å²) in [5.74, 6) is -2.57. The standard InChI is InChI=1S/C25H18N4O8/c30-16-10-6-14(7-11-16)28-22(34)18(20(32)26-24(28)36)4-2-1-3-5-19-21(33)27-25(37)29(23(19)35)15-8-12-17(31)13-9-15/h1-13,30-31,34H,(H,26,32,36)(H,27,33,37)/b3-1+,4-2+,19-5-. The number of anilines is 1. The Morgan fingerprint density at radius 1 is 0.730 bits per heavy atom. The highest BCUT2D eigenvalue weighted by Crippen LogP contribution is 2.23. The van der Waals surface area contributed by atoms with Gasteiger partial charge in [0.15, 0.2) is 0 Å². The predicted molar refractivity (Wildman–Crippen MR) is 131 cm³/mol.